The molecule has 1 N–H and O–H groups in total. The van der Waals surface area contributed by atoms with Crippen LogP contribution in [0, 0.1) is 0 Å². The number of halogens is 3. The molecule has 0 radical (unpaired) electrons. The molecule has 0 spiro atoms. The molecule has 0 atom stereocenters. The number of hydrogen-bond donors (Lipinski definition) is 1. The van der Waals surface area contributed by atoms with Gasteiger partial charge in [0.2, 0.25) is 10.0 Å². The van der Waals surface area contributed by atoms with Gasteiger partial charge in [-0.05, 0) is 40.2 Å². The fourth-order valence-electron chi connectivity index (χ4n) is 3.18. The third-order valence-corrected chi connectivity index (χ3v) is 9.27. The van der Waals surface area contributed by atoms with E-state index in [-0.39, 0.29) is 33.6 Å². The second kappa shape index (κ2) is 8.25. The number of carboxylic acids is 1. The van der Waals surface area contributed by atoms with Crippen molar-refractivity contribution in [3.63, 3.8) is 0 Å². The van der Waals surface area contributed by atoms with Gasteiger partial charge in [-0.2, -0.15) is 4.31 Å². The molecular weight excluding hydrogens is 537 g/mol. The molecule has 30 heavy (non-hydrogen) atoms. The van der Waals surface area contributed by atoms with Gasteiger partial charge in [-0.25, -0.2) is 18.2 Å². The number of carbonyl (C=O) groups is 1. The lowest BCUT2D eigenvalue weighted by atomic mass is 10.2. The maximum atomic E-state index is 13.0. The van der Waals surface area contributed by atoms with Gasteiger partial charge in [-0.15, -0.1) is 0 Å². The SMILES string of the molecule is O=C(O)c1cc(Br)c2nc(N3CCN(S(=O)(=O)c4cccc(Cl)c4Cl)CC3)sc2c1. The van der Waals surface area contributed by atoms with Gasteiger partial charge in [0.15, 0.2) is 5.13 Å². The molecule has 158 valence electrons. The normalized spacial score (nSPS) is 15.6. The van der Waals surface area contributed by atoms with E-state index in [0.717, 1.165) is 4.70 Å². The van der Waals surface area contributed by atoms with Gasteiger partial charge in [-0.3, -0.25) is 0 Å². The predicted octanol–water partition coefficient (Wildman–Crippen LogP) is 4.57. The molecule has 2 heterocycles. The van der Waals surface area contributed by atoms with Crippen LogP contribution in [-0.2, 0) is 10.0 Å². The van der Waals surface area contributed by atoms with Crippen LogP contribution in [0.25, 0.3) is 10.2 Å². The summed E-state index contributed by atoms with van der Waals surface area (Å²) in [6.07, 6.45) is 0. The van der Waals surface area contributed by atoms with Crippen LogP contribution < -0.4 is 4.90 Å². The highest BCUT2D eigenvalue weighted by atomic mass is 79.9. The van der Waals surface area contributed by atoms with E-state index in [1.165, 1.54) is 27.8 Å². The van der Waals surface area contributed by atoms with Gasteiger partial charge >= 0.3 is 5.97 Å². The van der Waals surface area contributed by atoms with Crippen molar-refractivity contribution in [3.05, 3.63) is 50.4 Å². The molecule has 1 aromatic heterocycles. The van der Waals surface area contributed by atoms with Crippen LogP contribution in [-0.4, -0.2) is 55.0 Å². The molecule has 4 rings (SSSR count). The molecule has 0 bridgehead atoms. The lowest BCUT2D eigenvalue weighted by Crippen LogP contribution is -2.48. The van der Waals surface area contributed by atoms with Crippen molar-refractivity contribution < 1.29 is 18.3 Å². The highest BCUT2D eigenvalue weighted by Gasteiger charge is 2.31. The van der Waals surface area contributed by atoms with E-state index >= 15 is 0 Å². The molecule has 12 heteroatoms. The van der Waals surface area contributed by atoms with E-state index in [2.05, 4.69) is 20.9 Å². The summed E-state index contributed by atoms with van der Waals surface area (Å²) in [7, 11) is -3.77. The summed E-state index contributed by atoms with van der Waals surface area (Å²) in [6.45, 7) is 1.42. The van der Waals surface area contributed by atoms with Gasteiger partial charge in [0, 0.05) is 30.7 Å². The fraction of sp³-hybridized carbons (Fsp3) is 0.222. The van der Waals surface area contributed by atoms with Crippen LogP contribution in [0.15, 0.2) is 39.7 Å². The second-order valence-electron chi connectivity index (χ2n) is 6.55. The van der Waals surface area contributed by atoms with Crippen LogP contribution in [0.5, 0.6) is 0 Å². The van der Waals surface area contributed by atoms with E-state index in [1.54, 1.807) is 18.2 Å². The first-order chi connectivity index (χ1) is 14.2. The molecule has 7 nitrogen and oxygen atoms in total. The number of hydrogen-bond acceptors (Lipinski definition) is 6. The maximum absolute atomic E-state index is 13.0. The van der Waals surface area contributed by atoms with Gasteiger partial charge in [0.25, 0.3) is 0 Å². The molecular formula is C18H14BrCl2N3O4S2. The molecule has 0 saturated carbocycles. The minimum atomic E-state index is -3.77. The van der Waals surface area contributed by atoms with E-state index in [1.807, 2.05) is 4.90 Å². The van der Waals surface area contributed by atoms with Gasteiger partial charge < -0.3 is 10.0 Å². The third-order valence-electron chi connectivity index (χ3n) is 4.73. The fourth-order valence-corrected chi connectivity index (χ4v) is 7.10. The van der Waals surface area contributed by atoms with Crippen molar-refractivity contribution in [2.45, 2.75) is 4.90 Å². The van der Waals surface area contributed by atoms with Crippen molar-refractivity contribution >= 4 is 81.8 Å². The smallest absolute Gasteiger partial charge is 0.335 e. The van der Waals surface area contributed by atoms with E-state index in [0.29, 0.717) is 28.2 Å². The lowest BCUT2D eigenvalue weighted by molar-refractivity contribution is 0.0697. The Morgan fingerprint density at radius 2 is 1.87 bits per heavy atom. The monoisotopic (exact) mass is 549 g/mol. The Bertz CT molecular complexity index is 1260. The van der Waals surface area contributed by atoms with Gasteiger partial charge in [0.1, 0.15) is 4.90 Å². The molecule has 0 amide bonds. The molecule has 0 aliphatic carbocycles. The average Bonchev–Trinajstić information content (AvgIpc) is 3.15. The Balaban J connectivity index is 1.55. The Hall–Kier alpha value is -1.43. The second-order valence-corrected chi connectivity index (χ2v) is 11.1. The number of nitrogens with zero attached hydrogens (tertiary/aromatic N) is 3. The zero-order chi connectivity index (χ0) is 21.6. The molecule has 1 fully saturated rings. The average molecular weight is 551 g/mol. The molecule has 1 aliphatic heterocycles. The van der Waals surface area contributed by atoms with Crippen molar-refractivity contribution in [1.82, 2.24) is 9.29 Å². The third kappa shape index (κ3) is 3.92. The summed E-state index contributed by atoms with van der Waals surface area (Å²) < 4.78 is 28.7. The Morgan fingerprint density at radius 3 is 2.53 bits per heavy atom. The molecule has 2 aromatic carbocycles. The van der Waals surface area contributed by atoms with E-state index < -0.39 is 16.0 Å². The van der Waals surface area contributed by atoms with Crippen molar-refractivity contribution in [2.24, 2.45) is 0 Å². The summed E-state index contributed by atoms with van der Waals surface area (Å²) >= 11 is 16.8. The molecule has 1 aliphatic rings. The number of anilines is 1. The first-order valence-corrected chi connectivity index (χ1v) is 12.5. The number of aromatic nitrogens is 1. The van der Waals surface area contributed by atoms with E-state index in [4.69, 9.17) is 23.2 Å². The minimum absolute atomic E-state index is 0.00441. The number of carboxylic acid groups (broad SMARTS) is 1. The van der Waals surface area contributed by atoms with Crippen LogP contribution in [0.2, 0.25) is 10.0 Å². The predicted molar refractivity (Wildman–Crippen MR) is 122 cm³/mol. The summed E-state index contributed by atoms with van der Waals surface area (Å²) in [5, 5.41) is 10.2. The Morgan fingerprint density at radius 1 is 1.17 bits per heavy atom. The number of sulfonamides is 1. The van der Waals surface area contributed by atoms with Crippen LogP contribution >= 0.6 is 50.5 Å². The van der Waals surface area contributed by atoms with Crippen molar-refractivity contribution in [3.8, 4) is 0 Å². The molecule has 1 saturated heterocycles. The number of piperazine rings is 1. The maximum Gasteiger partial charge on any atom is 0.335 e. The Kier molecular flexibility index (Phi) is 5.99. The summed E-state index contributed by atoms with van der Waals surface area (Å²) in [5.74, 6) is -1.01. The highest BCUT2D eigenvalue weighted by Crippen LogP contribution is 2.36. The van der Waals surface area contributed by atoms with Gasteiger partial charge in [-0.1, -0.05) is 40.6 Å². The molecule has 0 unspecified atom stereocenters. The largest absolute Gasteiger partial charge is 0.478 e. The number of aromatic carboxylic acids is 1. The summed E-state index contributed by atoms with van der Waals surface area (Å²) in [6, 6.07) is 7.66. The number of thiazole rings is 1. The first kappa shape index (κ1) is 21.8. The summed E-state index contributed by atoms with van der Waals surface area (Å²) in [4.78, 5) is 17.9. The zero-order valence-electron chi connectivity index (χ0n) is 15.2. The Labute approximate surface area is 195 Å². The van der Waals surface area contributed by atoms with E-state index in [9.17, 15) is 18.3 Å². The summed E-state index contributed by atoms with van der Waals surface area (Å²) in [5.41, 5.74) is 0.861. The van der Waals surface area contributed by atoms with Crippen LogP contribution in [0.1, 0.15) is 10.4 Å². The van der Waals surface area contributed by atoms with Gasteiger partial charge in [0.05, 0.1) is 25.8 Å². The van der Waals surface area contributed by atoms with Crippen LogP contribution in [0.3, 0.4) is 0 Å². The van der Waals surface area contributed by atoms with Crippen molar-refractivity contribution in [1.29, 1.82) is 0 Å². The minimum Gasteiger partial charge on any atom is -0.478 e. The lowest BCUT2D eigenvalue weighted by Gasteiger charge is -2.33. The number of benzene rings is 2. The van der Waals surface area contributed by atoms with Crippen molar-refractivity contribution in [2.75, 3.05) is 31.1 Å². The first-order valence-electron chi connectivity index (χ1n) is 8.71. The van der Waals surface area contributed by atoms with Crippen LogP contribution in [0.4, 0.5) is 5.13 Å². The highest BCUT2D eigenvalue weighted by molar-refractivity contribution is 9.10. The topological polar surface area (TPSA) is 90.8 Å². The standard InChI is InChI=1S/C18H14BrCl2N3O4S2/c19-11-8-10(17(25)26)9-13-16(11)22-18(29-13)23-4-6-24(7-5-23)30(27,28)14-3-1-2-12(20)15(14)21/h1-3,8-9H,4-7H2,(H,25,26). The molecule has 3 aromatic rings. The number of fused-ring (bicyclic) bond motifs is 1. The zero-order valence-corrected chi connectivity index (χ0v) is 19.9. The quantitative estimate of drug-likeness (QED) is 0.511. The number of rotatable bonds is 4.